The third-order valence-electron chi connectivity index (χ3n) is 6.40. The Labute approximate surface area is 200 Å². The van der Waals surface area contributed by atoms with Gasteiger partial charge in [-0.2, -0.15) is 11.3 Å². The minimum atomic E-state index is -0.859. The maximum absolute atomic E-state index is 14.2. The van der Waals surface area contributed by atoms with Crippen LogP contribution in [-0.2, 0) is 9.59 Å². The highest BCUT2D eigenvalue weighted by Crippen LogP contribution is 2.46. The molecule has 1 aliphatic heterocycles. The minimum absolute atomic E-state index is 0.00966. The quantitative estimate of drug-likeness (QED) is 0.484. The van der Waals surface area contributed by atoms with Gasteiger partial charge in [-0.05, 0) is 59.3 Å². The van der Waals surface area contributed by atoms with Crippen molar-refractivity contribution in [2.45, 2.75) is 31.6 Å². The Morgan fingerprint density at radius 1 is 1.06 bits per heavy atom. The van der Waals surface area contributed by atoms with Crippen molar-refractivity contribution in [3.8, 4) is 0 Å². The number of carbonyl (C=O) groups excluding carboxylic acids is 2. The van der Waals surface area contributed by atoms with Crippen molar-refractivity contribution >= 4 is 28.7 Å². The fraction of sp³-hybridized carbons (Fsp3) is 0.185. The zero-order valence-corrected chi connectivity index (χ0v) is 19.2. The largest absolute Gasteiger partial charge is 0.362 e. The van der Waals surface area contributed by atoms with Gasteiger partial charge in [-0.1, -0.05) is 30.3 Å². The standard InChI is InChI=1S/C27H22F2N2O2S/c1-15-24(27(33)31-21-8-7-19(28)13-20(21)29)25(17-9-10-34-14-17)26-22(30-15)11-18(12-23(26)32)16-5-3-2-4-6-16/h2-10,13-14,18,25,30H,11-12H2,1H3,(H,31,33)/t18-,25-/m0/s1. The molecule has 0 saturated heterocycles. The second-order valence-electron chi connectivity index (χ2n) is 8.56. The summed E-state index contributed by atoms with van der Waals surface area (Å²) in [5.41, 5.74) is 4.20. The van der Waals surface area contributed by atoms with Crippen LogP contribution in [0.25, 0.3) is 0 Å². The summed E-state index contributed by atoms with van der Waals surface area (Å²) in [5.74, 6) is -2.63. The molecule has 0 fully saturated rings. The van der Waals surface area contributed by atoms with Crippen LogP contribution in [0.4, 0.5) is 14.5 Å². The number of benzene rings is 2. The Kier molecular flexibility index (Phi) is 5.87. The number of dihydropyridines is 1. The molecule has 3 aromatic rings. The molecule has 172 valence electrons. The third-order valence-corrected chi connectivity index (χ3v) is 7.10. The molecule has 2 N–H and O–H groups in total. The highest BCUT2D eigenvalue weighted by Gasteiger charge is 2.41. The molecule has 1 aromatic heterocycles. The Morgan fingerprint density at radius 3 is 2.56 bits per heavy atom. The van der Waals surface area contributed by atoms with Gasteiger partial charge < -0.3 is 10.6 Å². The second-order valence-corrected chi connectivity index (χ2v) is 9.34. The molecule has 4 nitrogen and oxygen atoms in total. The number of hydrogen-bond acceptors (Lipinski definition) is 4. The molecule has 0 spiro atoms. The molecular formula is C27H22F2N2O2S. The van der Waals surface area contributed by atoms with Crippen LogP contribution in [0, 0.1) is 11.6 Å². The topological polar surface area (TPSA) is 58.2 Å². The monoisotopic (exact) mass is 476 g/mol. The zero-order chi connectivity index (χ0) is 23.8. The third kappa shape index (κ3) is 4.07. The van der Waals surface area contributed by atoms with Gasteiger partial charge in [0.15, 0.2) is 5.78 Å². The average molecular weight is 477 g/mol. The minimum Gasteiger partial charge on any atom is -0.362 e. The molecule has 2 atom stereocenters. The fourth-order valence-corrected chi connectivity index (χ4v) is 5.54. The molecule has 1 amide bonds. The number of anilines is 1. The summed E-state index contributed by atoms with van der Waals surface area (Å²) in [6.07, 6.45) is 1.01. The molecule has 2 aromatic carbocycles. The number of nitrogens with one attached hydrogen (secondary N) is 2. The lowest BCUT2D eigenvalue weighted by atomic mass is 9.72. The van der Waals surface area contributed by atoms with Crippen LogP contribution in [0.1, 0.15) is 42.7 Å². The van der Waals surface area contributed by atoms with Gasteiger partial charge in [-0.3, -0.25) is 9.59 Å². The molecule has 0 unspecified atom stereocenters. The number of Topliss-reactive ketones (excluding diaryl/α,β-unsaturated/α-hetero) is 1. The van der Waals surface area contributed by atoms with E-state index in [-0.39, 0.29) is 17.4 Å². The van der Waals surface area contributed by atoms with Crippen molar-refractivity contribution in [3.05, 3.63) is 111 Å². The Morgan fingerprint density at radius 2 is 1.85 bits per heavy atom. The van der Waals surface area contributed by atoms with Gasteiger partial charge in [-0.25, -0.2) is 8.78 Å². The van der Waals surface area contributed by atoms with Crippen LogP contribution in [0.3, 0.4) is 0 Å². The Hall–Kier alpha value is -3.58. The first-order valence-electron chi connectivity index (χ1n) is 11.0. The predicted octanol–water partition coefficient (Wildman–Crippen LogP) is 6.03. The van der Waals surface area contributed by atoms with E-state index in [1.807, 2.05) is 47.2 Å². The highest BCUT2D eigenvalue weighted by atomic mass is 32.1. The number of amides is 1. The lowest BCUT2D eigenvalue weighted by Crippen LogP contribution is -2.37. The van der Waals surface area contributed by atoms with E-state index >= 15 is 0 Å². The van der Waals surface area contributed by atoms with Gasteiger partial charge in [0.25, 0.3) is 5.91 Å². The maximum atomic E-state index is 14.2. The molecule has 0 radical (unpaired) electrons. The molecule has 5 rings (SSSR count). The van der Waals surface area contributed by atoms with E-state index in [0.29, 0.717) is 29.7 Å². The van der Waals surface area contributed by atoms with Crippen LogP contribution < -0.4 is 10.6 Å². The molecule has 1 aliphatic carbocycles. The van der Waals surface area contributed by atoms with Gasteiger partial charge in [0.1, 0.15) is 11.6 Å². The van der Waals surface area contributed by atoms with Gasteiger partial charge in [0, 0.05) is 40.9 Å². The normalized spacial score (nSPS) is 20.1. The van der Waals surface area contributed by atoms with Gasteiger partial charge in [0.2, 0.25) is 0 Å². The van der Waals surface area contributed by atoms with Gasteiger partial charge >= 0.3 is 0 Å². The van der Waals surface area contributed by atoms with Crippen molar-refractivity contribution in [1.82, 2.24) is 5.32 Å². The predicted molar refractivity (Wildman–Crippen MR) is 128 cm³/mol. The van der Waals surface area contributed by atoms with Crippen molar-refractivity contribution in [3.63, 3.8) is 0 Å². The summed E-state index contributed by atoms with van der Waals surface area (Å²) in [6, 6.07) is 14.8. The number of thiophene rings is 1. The molecule has 2 aliphatic rings. The van der Waals surface area contributed by atoms with Crippen molar-refractivity contribution < 1.29 is 18.4 Å². The number of halogens is 2. The van der Waals surface area contributed by atoms with E-state index in [9.17, 15) is 18.4 Å². The molecule has 0 bridgehead atoms. The number of hydrogen-bond donors (Lipinski definition) is 2. The molecule has 2 heterocycles. The summed E-state index contributed by atoms with van der Waals surface area (Å²) in [4.78, 5) is 26.9. The van der Waals surface area contributed by atoms with Crippen LogP contribution in [-0.4, -0.2) is 11.7 Å². The molecule has 7 heteroatoms. The number of carbonyl (C=O) groups is 2. The van der Waals surface area contributed by atoms with E-state index < -0.39 is 23.5 Å². The first-order chi connectivity index (χ1) is 16.4. The van der Waals surface area contributed by atoms with Gasteiger partial charge in [-0.15, -0.1) is 0 Å². The van der Waals surface area contributed by atoms with Crippen LogP contribution in [0.5, 0.6) is 0 Å². The van der Waals surface area contributed by atoms with Crippen LogP contribution >= 0.6 is 11.3 Å². The lowest BCUT2D eigenvalue weighted by molar-refractivity contribution is -0.116. The first-order valence-corrected chi connectivity index (χ1v) is 11.9. The number of ketones is 1. The lowest BCUT2D eigenvalue weighted by Gasteiger charge is -2.36. The molecular weight excluding hydrogens is 454 g/mol. The average Bonchev–Trinajstić information content (AvgIpc) is 3.35. The van der Waals surface area contributed by atoms with E-state index in [0.717, 1.165) is 29.0 Å². The van der Waals surface area contributed by atoms with Crippen molar-refractivity contribution in [1.29, 1.82) is 0 Å². The Bertz CT molecular complexity index is 1330. The van der Waals surface area contributed by atoms with Crippen molar-refractivity contribution in [2.75, 3.05) is 5.32 Å². The summed E-state index contributed by atoms with van der Waals surface area (Å²) < 4.78 is 27.6. The fourth-order valence-electron chi connectivity index (χ4n) is 4.85. The zero-order valence-electron chi connectivity index (χ0n) is 18.4. The van der Waals surface area contributed by atoms with E-state index in [4.69, 9.17) is 0 Å². The summed E-state index contributed by atoms with van der Waals surface area (Å²) >= 11 is 1.48. The molecule has 0 saturated carbocycles. The Balaban J connectivity index is 1.53. The maximum Gasteiger partial charge on any atom is 0.254 e. The van der Waals surface area contributed by atoms with Gasteiger partial charge in [0.05, 0.1) is 5.69 Å². The van der Waals surface area contributed by atoms with Crippen molar-refractivity contribution in [2.24, 2.45) is 0 Å². The number of allylic oxidation sites excluding steroid dienone is 3. The summed E-state index contributed by atoms with van der Waals surface area (Å²) in [6.45, 7) is 1.79. The number of rotatable bonds is 4. The van der Waals surface area contributed by atoms with E-state index in [1.54, 1.807) is 6.92 Å². The summed E-state index contributed by atoms with van der Waals surface area (Å²) in [5, 5.41) is 9.71. The van der Waals surface area contributed by atoms with E-state index in [2.05, 4.69) is 10.6 Å². The van der Waals surface area contributed by atoms with Crippen LogP contribution in [0.15, 0.2) is 87.9 Å². The smallest absolute Gasteiger partial charge is 0.254 e. The highest BCUT2D eigenvalue weighted by molar-refractivity contribution is 7.08. The van der Waals surface area contributed by atoms with Crippen LogP contribution in [0.2, 0.25) is 0 Å². The summed E-state index contributed by atoms with van der Waals surface area (Å²) in [7, 11) is 0. The second kappa shape index (κ2) is 8.99. The SMILES string of the molecule is CC1=C(C(=O)Nc2ccc(F)cc2F)[C@H](c2ccsc2)C2=C(C[C@H](c3ccccc3)CC2=O)N1. The van der Waals surface area contributed by atoms with E-state index in [1.165, 1.54) is 17.4 Å². The first kappa shape index (κ1) is 22.2. The molecule has 34 heavy (non-hydrogen) atoms.